The van der Waals surface area contributed by atoms with Crippen LogP contribution in [0.1, 0.15) is 213 Å². The van der Waals surface area contributed by atoms with E-state index in [1.54, 1.807) is 0 Å². The molecule has 0 bridgehead atoms. The topological polar surface area (TPSA) is 149 Å². The van der Waals surface area contributed by atoms with Crippen LogP contribution in [0.2, 0.25) is 0 Å². The van der Waals surface area contributed by atoms with Gasteiger partial charge in [0.15, 0.2) is 6.29 Å². The quantitative estimate of drug-likeness (QED) is 0.0266. The minimum Gasteiger partial charge on any atom is -0.394 e. The van der Waals surface area contributed by atoms with Gasteiger partial charge in [-0.2, -0.15) is 0 Å². The van der Waals surface area contributed by atoms with Gasteiger partial charge in [0.2, 0.25) is 5.91 Å². The smallest absolute Gasteiger partial charge is 0.220 e. The Balaban J connectivity index is 2.32. The molecular weight excluding hydrogens is 707 g/mol. The average Bonchev–Trinajstić information content (AvgIpc) is 3.20. The summed E-state index contributed by atoms with van der Waals surface area (Å²) in [7, 11) is 0. The van der Waals surface area contributed by atoms with Crippen LogP contribution in [-0.2, 0) is 14.3 Å². The summed E-state index contributed by atoms with van der Waals surface area (Å²) < 4.78 is 11.3. The number of ether oxygens (including phenoxy) is 2. The summed E-state index contributed by atoms with van der Waals surface area (Å²) in [6.07, 6.45) is 37.5. The molecular formula is C47H89NO8. The number of carbonyl (C=O) groups is 1. The lowest BCUT2D eigenvalue weighted by atomic mass is 9.99. The van der Waals surface area contributed by atoms with Gasteiger partial charge in [-0.3, -0.25) is 4.79 Å². The predicted molar refractivity (Wildman–Crippen MR) is 230 cm³/mol. The number of carbonyl (C=O) groups excluding carboxylic acids is 1. The molecule has 0 aromatic carbocycles. The van der Waals surface area contributed by atoms with Gasteiger partial charge in [0, 0.05) is 6.42 Å². The van der Waals surface area contributed by atoms with Crippen LogP contribution in [0.25, 0.3) is 0 Å². The van der Waals surface area contributed by atoms with E-state index in [4.69, 9.17) is 9.47 Å². The van der Waals surface area contributed by atoms with Crippen LogP contribution in [-0.4, -0.2) is 87.5 Å². The van der Waals surface area contributed by atoms with Crippen LogP contribution < -0.4 is 5.32 Å². The molecule has 9 nitrogen and oxygen atoms in total. The van der Waals surface area contributed by atoms with E-state index in [2.05, 4.69) is 43.5 Å². The summed E-state index contributed by atoms with van der Waals surface area (Å²) >= 11 is 0. The van der Waals surface area contributed by atoms with Gasteiger partial charge in [0.1, 0.15) is 24.4 Å². The third-order valence-electron chi connectivity index (χ3n) is 11.3. The molecule has 7 atom stereocenters. The monoisotopic (exact) mass is 796 g/mol. The Hall–Kier alpha value is -1.33. The number of hydrogen-bond acceptors (Lipinski definition) is 8. The van der Waals surface area contributed by atoms with Crippen LogP contribution in [0.5, 0.6) is 0 Å². The predicted octanol–water partition coefficient (Wildman–Crippen LogP) is 9.89. The molecule has 1 fully saturated rings. The van der Waals surface area contributed by atoms with Crippen molar-refractivity contribution in [1.82, 2.24) is 5.32 Å². The molecule has 0 saturated carbocycles. The molecule has 0 aromatic heterocycles. The van der Waals surface area contributed by atoms with Gasteiger partial charge in [0.25, 0.3) is 0 Å². The van der Waals surface area contributed by atoms with Gasteiger partial charge in [0.05, 0.1) is 25.4 Å². The van der Waals surface area contributed by atoms with Crippen molar-refractivity contribution in [3.05, 3.63) is 24.3 Å². The number of rotatable bonds is 39. The van der Waals surface area contributed by atoms with Crippen LogP contribution in [0, 0.1) is 0 Å². The summed E-state index contributed by atoms with van der Waals surface area (Å²) in [5.74, 6) is -0.155. The maximum Gasteiger partial charge on any atom is 0.220 e. The van der Waals surface area contributed by atoms with Gasteiger partial charge in [-0.1, -0.05) is 192 Å². The first-order valence-corrected chi connectivity index (χ1v) is 23.6. The molecule has 0 aromatic rings. The average molecular weight is 796 g/mol. The van der Waals surface area contributed by atoms with E-state index in [-0.39, 0.29) is 12.5 Å². The van der Waals surface area contributed by atoms with Crippen molar-refractivity contribution < 1.29 is 39.8 Å². The largest absolute Gasteiger partial charge is 0.394 e. The summed E-state index contributed by atoms with van der Waals surface area (Å²) in [6.45, 7) is 3.80. The highest BCUT2D eigenvalue weighted by atomic mass is 16.7. The van der Waals surface area contributed by atoms with Crippen LogP contribution in [0.4, 0.5) is 0 Å². The zero-order valence-corrected chi connectivity index (χ0v) is 36.1. The van der Waals surface area contributed by atoms with Crippen LogP contribution in [0.15, 0.2) is 24.3 Å². The second-order valence-electron chi connectivity index (χ2n) is 16.6. The summed E-state index contributed by atoms with van der Waals surface area (Å²) in [6, 6.07) is -0.722. The van der Waals surface area contributed by atoms with E-state index in [0.717, 1.165) is 57.8 Å². The third-order valence-corrected chi connectivity index (χ3v) is 11.3. The highest BCUT2D eigenvalue weighted by Gasteiger charge is 2.44. The first kappa shape index (κ1) is 52.7. The number of nitrogens with one attached hydrogen (secondary N) is 1. The number of aliphatic hydroxyl groups excluding tert-OH is 5. The van der Waals surface area contributed by atoms with Gasteiger partial charge >= 0.3 is 0 Å². The second kappa shape index (κ2) is 37.9. The van der Waals surface area contributed by atoms with E-state index in [1.807, 2.05) is 0 Å². The number of amides is 1. The summed E-state index contributed by atoms with van der Waals surface area (Å²) in [5.41, 5.74) is 0. The van der Waals surface area contributed by atoms with Crippen molar-refractivity contribution in [2.75, 3.05) is 13.2 Å². The molecule has 7 unspecified atom stereocenters. The Morgan fingerprint density at radius 1 is 0.607 bits per heavy atom. The molecule has 1 heterocycles. The Kier molecular flexibility index (Phi) is 35.7. The molecule has 56 heavy (non-hydrogen) atoms. The fourth-order valence-corrected chi connectivity index (χ4v) is 7.50. The SMILES string of the molecule is CCCCC/C=C\C=C/CCCCCCCCC(=O)NC(COC1OC(CO)C(O)C(O)C1O)C(O)CCCCCCCCCCCCCCCCCCCC. The number of allylic oxidation sites excluding steroid dienone is 4. The number of aliphatic hydroxyl groups is 5. The maximum absolute atomic E-state index is 13.0. The molecule has 1 rings (SSSR count). The van der Waals surface area contributed by atoms with E-state index in [1.165, 1.54) is 128 Å². The molecule has 1 saturated heterocycles. The Bertz CT molecular complexity index is 930. The Morgan fingerprint density at radius 2 is 1.04 bits per heavy atom. The summed E-state index contributed by atoms with van der Waals surface area (Å²) in [4.78, 5) is 13.0. The zero-order valence-electron chi connectivity index (χ0n) is 36.1. The normalized spacial score (nSPS) is 21.3. The van der Waals surface area contributed by atoms with E-state index in [9.17, 15) is 30.3 Å². The number of unbranched alkanes of at least 4 members (excludes halogenated alkanes) is 26. The van der Waals surface area contributed by atoms with Crippen molar-refractivity contribution in [3.8, 4) is 0 Å². The molecule has 9 heteroatoms. The van der Waals surface area contributed by atoms with Crippen LogP contribution in [0.3, 0.4) is 0 Å². The molecule has 1 aliphatic rings. The lowest BCUT2D eigenvalue weighted by Crippen LogP contribution is -2.60. The summed E-state index contributed by atoms with van der Waals surface area (Å²) in [5, 5.41) is 54.4. The van der Waals surface area contributed by atoms with Crippen molar-refractivity contribution in [1.29, 1.82) is 0 Å². The molecule has 330 valence electrons. The first-order chi connectivity index (χ1) is 27.3. The van der Waals surface area contributed by atoms with Crippen molar-refractivity contribution in [2.45, 2.75) is 256 Å². The standard InChI is InChI=1S/C47H89NO8/c1-3-5-7-9-11-13-15-17-19-20-21-23-24-26-28-30-32-34-36-41(50)40(39-55-47-46(54)45(53)44(52)42(38-49)56-47)48-43(51)37-35-33-31-29-27-25-22-18-16-14-12-10-8-6-4-2/h12,14,16,18,40-42,44-47,49-50,52-54H,3-11,13,15,17,19-39H2,1-2H3,(H,48,51)/b14-12-,18-16-. The van der Waals surface area contributed by atoms with Gasteiger partial charge < -0.3 is 40.3 Å². The fourth-order valence-electron chi connectivity index (χ4n) is 7.50. The van der Waals surface area contributed by atoms with Crippen LogP contribution >= 0.6 is 0 Å². The van der Waals surface area contributed by atoms with Crippen molar-refractivity contribution >= 4 is 5.91 Å². The molecule has 0 aliphatic carbocycles. The van der Waals surface area contributed by atoms with E-state index < -0.39 is 49.5 Å². The molecule has 6 N–H and O–H groups in total. The minimum absolute atomic E-state index is 0.141. The maximum atomic E-state index is 13.0. The highest BCUT2D eigenvalue weighted by Crippen LogP contribution is 2.23. The molecule has 1 aliphatic heterocycles. The lowest BCUT2D eigenvalue weighted by molar-refractivity contribution is -0.302. The first-order valence-electron chi connectivity index (χ1n) is 23.6. The Morgan fingerprint density at radius 3 is 1.54 bits per heavy atom. The zero-order chi connectivity index (χ0) is 40.9. The van der Waals surface area contributed by atoms with Gasteiger partial charge in [-0.25, -0.2) is 0 Å². The molecule has 1 amide bonds. The molecule has 0 spiro atoms. The fraction of sp³-hybridized carbons (Fsp3) is 0.894. The Labute approximate surface area is 343 Å². The minimum atomic E-state index is -1.55. The van der Waals surface area contributed by atoms with Gasteiger partial charge in [-0.15, -0.1) is 0 Å². The highest BCUT2D eigenvalue weighted by molar-refractivity contribution is 5.76. The van der Waals surface area contributed by atoms with E-state index >= 15 is 0 Å². The van der Waals surface area contributed by atoms with Gasteiger partial charge in [-0.05, 0) is 38.5 Å². The van der Waals surface area contributed by atoms with E-state index in [0.29, 0.717) is 12.8 Å². The second-order valence-corrected chi connectivity index (χ2v) is 16.6. The third kappa shape index (κ3) is 28.2. The van der Waals surface area contributed by atoms with Crippen molar-refractivity contribution in [3.63, 3.8) is 0 Å². The molecule has 0 radical (unpaired) electrons. The van der Waals surface area contributed by atoms with Crippen molar-refractivity contribution in [2.24, 2.45) is 0 Å². The lowest BCUT2D eigenvalue weighted by Gasteiger charge is -2.40. The number of hydrogen-bond donors (Lipinski definition) is 6.